The van der Waals surface area contributed by atoms with E-state index in [2.05, 4.69) is 0 Å². The van der Waals surface area contributed by atoms with Gasteiger partial charge < -0.3 is 9.47 Å². The SMILES string of the molecule is Cc1ccc(S(=O)(=O)OCC2COc3cccc(-c4cccc(F)c4F)c3O2)cc1. The monoisotopic (exact) mass is 432 g/mol. The molecule has 0 N–H and O–H groups in total. The van der Waals surface area contributed by atoms with Crippen LogP contribution in [-0.2, 0) is 14.3 Å². The minimum Gasteiger partial charge on any atom is -0.486 e. The quantitative estimate of drug-likeness (QED) is 0.556. The van der Waals surface area contributed by atoms with Crippen LogP contribution in [-0.4, -0.2) is 27.7 Å². The Kier molecular flexibility index (Phi) is 5.44. The van der Waals surface area contributed by atoms with Crippen LogP contribution >= 0.6 is 0 Å². The van der Waals surface area contributed by atoms with Crippen LogP contribution in [0.2, 0.25) is 0 Å². The van der Waals surface area contributed by atoms with Crippen molar-refractivity contribution in [2.75, 3.05) is 13.2 Å². The molecule has 0 aromatic heterocycles. The van der Waals surface area contributed by atoms with Crippen molar-refractivity contribution in [1.82, 2.24) is 0 Å². The van der Waals surface area contributed by atoms with Gasteiger partial charge in [-0.1, -0.05) is 42.0 Å². The van der Waals surface area contributed by atoms with Gasteiger partial charge >= 0.3 is 0 Å². The summed E-state index contributed by atoms with van der Waals surface area (Å²) in [6.45, 7) is 1.60. The second-order valence-corrected chi connectivity index (χ2v) is 8.45. The van der Waals surface area contributed by atoms with Crippen LogP contribution in [0.3, 0.4) is 0 Å². The minimum absolute atomic E-state index is 0.0179. The molecule has 4 rings (SSSR count). The van der Waals surface area contributed by atoms with Gasteiger partial charge in [-0.25, -0.2) is 8.78 Å². The molecule has 30 heavy (non-hydrogen) atoms. The molecule has 5 nitrogen and oxygen atoms in total. The Balaban J connectivity index is 1.55. The average molecular weight is 432 g/mol. The third-order valence-corrected chi connectivity index (χ3v) is 5.94. The topological polar surface area (TPSA) is 61.8 Å². The molecule has 0 radical (unpaired) electrons. The smallest absolute Gasteiger partial charge is 0.297 e. The molecule has 0 bridgehead atoms. The van der Waals surface area contributed by atoms with Gasteiger partial charge in [0.25, 0.3) is 10.1 Å². The maximum atomic E-state index is 14.3. The van der Waals surface area contributed by atoms with E-state index in [1.165, 1.54) is 24.3 Å². The molecule has 3 aromatic carbocycles. The zero-order valence-electron chi connectivity index (χ0n) is 16.0. The summed E-state index contributed by atoms with van der Waals surface area (Å²) in [7, 11) is -3.97. The fraction of sp³-hybridized carbons (Fsp3) is 0.182. The number of ether oxygens (including phenoxy) is 2. The van der Waals surface area contributed by atoms with Gasteiger partial charge in [0.2, 0.25) is 0 Å². The highest BCUT2D eigenvalue weighted by Crippen LogP contribution is 2.42. The largest absolute Gasteiger partial charge is 0.486 e. The van der Waals surface area contributed by atoms with Gasteiger partial charge in [-0.05, 0) is 31.2 Å². The van der Waals surface area contributed by atoms with Crippen molar-refractivity contribution < 1.29 is 30.9 Å². The third kappa shape index (κ3) is 4.01. The number of rotatable bonds is 5. The van der Waals surface area contributed by atoms with E-state index in [0.29, 0.717) is 11.3 Å². The lowest BCUT2D eigenvalue weighted by atomic mass is 10.0. The van der Waals surface area contributed by atoms with E-state index in [-0.39, 0.29) is 29.4 Å². The van der Waals surface area contributed by atoms with Crippen LogP contribution in [0, 0.1) is 18.6 Å². The molecule has 1 heterocycles. The fourth-order valence-electron chi connectivity index (χ4n) is 3.08. The second-order valence-electron chi connectivity index (χ2n) is 6.84. The first-order chi connectivity index (χ1) is 14.3. The normalized spacial score (nSPS) is 15.8. The molecule has 156 valence electrons. The van der Waals surface area contributed by atoms with Crippen molar-refractivity contribution in [1.29, 1.82) is 0 Å². The number of aryl methyl sites for hydroxylation is 1. The summed E-state index contributed by atoms with van der Waals surface area (Å²) < 4.78 is 69.4. The first-order valence-corrected chi connectivity index (χ1v) is 10.6. The van der Waals surface area contributed by atoms with Gasteiger partial charge in [-0.2, -0.15) is 8.42 Å². The molecule has 0 spiro atoms. The summed E-state index contributed by atoms with van der Waals surface area (Å²) in [6.07, 6.45) is -0.754. The van der Waals surface area contributed by atoms with Crippen molar-refractivity contribution >= 4 is 10.1 Å². The summed E-state index contributed by atoms with van der Waals surface area (Å²) in [5.74, 6) is -1.43. The van der Waals surface area contributed by atoms with Gasteiger partial charge in [0, 0.05) is 11.1 Å². The number of halogens is 2. The highest BCUT2D eigenvalue weighted by molar-refractivity contribution is 7.86. The molecule has 1 aliphatic heterocycles. The van der Waals surface area contributed by atoms with Crippen molar-refractivity contribution in [2.45, 2.75) is 17.9 Å². The lowest BCUT2D eigenvalue weighted by Crippen LogP contribution is -2.34. The Morgan fingerprint density at radius 1 is 1.00 bits per heavy atom. The zero-order valence-corrected chi connectivity index (χ0v) is 16.8. The van der Waals surface area contributed by atoms with Gasteiger partial charge in [-0.3, -0.25) is 4.18 Å². The molecule has 1 unspecified atom stereocenters. The van der Waals surface area contributed by atoms with Gasteiger partial charge in [-0.15, -0.1) is 0 Å². The number of para-hydroxylation sites is 1. The van der Waals surface area contributed by atoms with Crippen molar-refractivity contribution in [3.05, 3.63) is 77.9 Å². The second kappa shape index (κ2) is 8.04. The Morgan fingerprint density at radius 3 is 2.47 bits per heavy atom. The molecule has 8 heteroatoms. The Hall–Kier alpha value is -2.97. The minimum atomic E-state index is -3.97. The zero-order chi connectivity index (χ0) is 21.3. The predicted octanol–water partition coefficient (Wildman–Crippen LogP) is 4.49. The highest BCUT2D eigenvalue weighted by atomic mass is 32.2. The standard InChI is InChI=1S/C22H18F2O5S/c1-14-8-10-16(11-9-14)30(25,26)28-13-15-12-27-20-7-3-5-18(22(20)29-15)17-4-2-6-19(23)21(17)24/h2-11,15H,12-13H2,1H3. The number of fused-ring (bicyclic) bond motifs is 1. The first-order valence-electron chi connectivity index (χ1n) is 9.18. The summed E-state index contributed by atoms with van der Waals surface area (Å²) >= 11 is 0. The Morgan fingerprint density at radius 2 is 1.70 bits per heavy atom. The molecule has 0 aliphatic carbocycles. The first kappa shape index (κ1) is 20.3. The van der Waals surface area contributed by atoms with E-state index in [1.54, 1.807) is 30.3 Å². The molecular weight excluding hydrogens is 414 g/mol. The lowest BCUT2D eigenvalue weighted by molar-refractivity contribution is 0.0561. The fourth-order valence-corrected chi connectivity index (χ4v) is 4.02. The van der Waals surface area contributed by atoms with Gasteiger partial charge in [0.05, 0.1) is 4.90 Å². The molecule has 1 atom stereocenters. The summed E-state index contributed by atoms with van der Waals surface area (Å²) in [5, 5.41) is 0. The molecule has 0 saturated carbocycles. The van der Waals surface area contributed by atoms with Crippen LogP contribution < -0.4 is 9.47 Å². The molecule has 0 fully saturated rings. The highest BCUT2D eigenvalue weighted by Gasteiger charge is 2.28. The summed E-state index contributed by atoms with van der Waals surface area (Å²) in [5.41, 5.74) is 1.24. The molecule has 1 aliphatic rings. The summed E-state index contributed by atoms with van der Waals surface area (Å²) in [4.78, 5) is 0.0350. The number of hydrogen-bond acceptors (Lipinski definition) is 5. The molecule has 0 saturated heterocycles. The summed E-state index contributed by atoms with van der Waals surface area (Å²) in [6, 6.07) is 15.0. The Labute approximate surface area is 173 Å². The van der Waals surface area contributed by atoms with Crippen LogP contribution in [0.25, 0.3) is 11.1 Å². The van der Waals surface area contributed by atoms with E-state index < -0.39 is 27.9 Å². The average Bonchev–Trinajstić information content (AvgIpc) is 2.74. The van der Waals surface area contributed by atoms with Crippen molar-refractivity contribution in [3.63, 3.8) is 0 Å². The van der Waals surface area contributed by atoms with Crippen LogP contribution in [0.1, 0.15) is 5.56 Å². The van der Waals surface area contributed by atoms with E-state index >= 15 is 0 Å². The van der Waals surface area contributed by atoms with Crippen molar-refractivity contribution in [2.24, 2.45) is 0 Å². The van der Waals surface area contributed by atoms with Crippen LogP contribution in [0.15, 0.2) is 65.6 Å². The molecule has 0 amide bonds. The van der Waals surface area contributed by atoms with E-state index in [4.69, 9.17) is 13.7 Å². The molecular formula is C22H18F2O5S. The predicted molar refractivity (Wildman–Crippen MR) is 106 cm³/mol. The maximum absolute atomic E-state index is 14.3. The lowest BCUT2D eigenvalue weighted by Gasteiger charge is -2.28. The van der Waals surface area contributed by atoms with Crippen LogP contribution in [0.4, 0.5) is 8.78 Å². The molecule has 3 aromatic rings. The van der Waals surface area contributed by atoms with Crippen LogP contribution in [0.5, 0.6) is 11.5 Å². The van der Waals surface area contributed by atoms with E-state index in [9.17, 15) is 17.2 Å². The van der Waals surface area contributed by atoms with E-state index in [0.717, 1.165) is 11.6 Å². The number of benzene rings is 3. The van der Waals surface area contributed by atoms with Gasteiger partial charge in [0.15, 0.2) is 29.2 Å². The third-order valence-electron chi connectivity index (χ3n) is 4.65. The van der Waals surface area contributed by atoms with E-state index in [1.807, 2.05) is 6.92 Å². The number of hydrogen-bond donors (Lipinski definition) is 0. The Bertz CT molecular complexity index is 1180. The van der Waals surface area contributed by atoms with Crippen molar-refractivity contribution in [3.8, 4) is 22.6 Å². The maximum Gasteiger partial charge on any atom is 0.297 e. The van der Waals surface area contributed by atoms with Gasteiger partial charge in [0.1, 0.15) is 13.2 Å².